The van der Waals surface area contributed by atoms with Crippen molar-refractivity contribution in [2.45, 2.75) is 19.8 Å². The number of amides is 1. The third-order valence-corrected chi connectivity index (χ3v) is 1.91. The highest BCUT2D eigenvalue weighted by Gasteiger charge is 2.12. The van der Waals surface area contributed by atoms with Gasteiger partial charge in [-0.25, -0.2) is 4.98 Å². The van der Waals surface area contributed by atoms with Gasteiger partial charge in [0.25, 0.3) is 5.91 Å². The second-order valence-electron chi connectivity index (χ2n) is 3.09. The standard InChI is InChI=1S/C9H11ClN2O/c1-5(2)8-6(9(11)13)3-4-7(10)12-8/h3-5H,1-2H3,(H2,11,13). The molecule has 0 bridgehead atoms. The molecule has 3 nitrogen and oxygen atoms in total. The summed E-state index contributed by atoms with van der Waals surface area (Å²) in [5.41, 5.74) is 6.28. The fourth-order valence-corrected chi connectivity index (χ4v) is 1.25. The SMILES string of the molecule is CC(C)c1nc(Cl)ccc1C(N)=O. The lowest BCUT2D eigenvalue weighted by atomic mass is 10.0. The molecular weight excluding hydrogens is 188 g/mol. The molecule has 1 heterocycles. The molecule has 0 aromatic carbocycles. The van der Waals surface area contributed by atoms with E-state index in [0.717, 1.165) is 0 Å². The van der Waals surface area contributed by atoms with Gasteiger partial charge in [0.1, 0.15) is 5.15 Å². The van der Waals surface area contributed by atoms with Crippen LogP contribution in [0, 0.1) is 0 Å². The van der Waals surface area contributed by atoms with Gasteiger partial charge in [0.15, 0.2) is 0 Å². The summed E-state index contributed by atoms with van der Waals surface area (Å²) in [6, 6.07) is 3.17. The minimum absolute atomic E-state index is 0.140. The van der Waals surface area contributed by atoms with E-state index >= 15 is 0 Å². The van der Waals surface area contributed by atoms with Crippen LogP contribution in [-0.2, 0) is 0 Å². The number of hydrogen-bond acceptors (Lipinski definition) is 2. The van der Waals surface area contributed by atoms with Gasteiger partial charge in [-0.2, -0.15) is 0 Å². The van der Waals surface area contributed by atoms with Crippen molar-refractivity contribution < 1.29 is 4.79 Å². The molecule has 2 N–H and O–H groups in total. The summed E-state index contributed by atoms with van der Waals surface area (Å²) in [4.78, 5) is 15.0. The summed E-state index contributed by atoms with van der Waals surface area (Å²) in [5, 5.41) is 0.383. The van der Waals surface area contributed by atoms with Gasteiger partial charge in [0.05, 0.1) is 11.3 Å². The monoisotopic (exact) mass is 198 g/mol. The van der Waals surface area contributed by atoms with E-state index in [0.29, 0.717) is 16.4 Å². The molecule has 13 heavy (non-hydrogen) atoms. The first kappa shape index (κ1) is 9.99. The van der Waals surface area contributed by atoms with Crippen LogP contribution in [0.3, 0.4) is 0 Å². The van der Waals surface area contributed by atoms with Crippen molar-refractivity contribution in [3.8, 4) is 0 Å². The Morgan fingerprint density at radius 1 is 1.54 bits per heavy atom. The van der Waals surface area contributed by atoms with E-state index in [4.69, 9.17) is 17.3 Å². The number of carbonyl (C=O) groups is 1. The molecule has 0 fully saturated rings. The average molecular weight is 199 g/mol. The van der Waals surface area contributed by atoms with Crippen molar-refractivity contribution >= 4 is 17.5 Å². The Kier molecular flexibility index (Phi) is 2.88. The highest BCUT2D eigenvalue weighted by molar-refractivity contribution is 6.29. The van der Waals surface area contributed by atoms with E-state index in [2.05, 4.69) is 4.98 Å². The maximum atomic E-state index is 11.0. The summed E-state index contributed by atoms with van der Waals surface area (Å²) in [6.07, 6.45) is 0. The van der Waals surface area contributed by atoms with Gasteiger partial charge in [0, 0.05) is 0 Å². The lowest BCUT2D eigenvalue weighted by Crippen LogP contribution is -2.15. The third-order valence-electron chi connectivity index (χ3n) is 1.70. The van der Waals surface area contributed by atoms with E-state index < -0.39 is 5.91 Å². The summed E-state index contributed by atoms with van der Waals surface area (Å²) < 4.78 is 0. The second kappa shape index (κ2) is 3.75. The highest BCUT2D eigenvalue weighted by atomic mass is 35.5. The Hall–Kier alpha value is -1.09. The van der Waals surface area contributed by atoms with Gasteiger partial charge in [-0.3, -0.25) is 4.79 Å². The topological polar surface area (TPSA) is 56.0 Å². The minimum atomic E-state index is -0.465. The average Bonchev–Trinajstić information content (AvgIpc) is 2.03. The molecule has 0 saturated heterocycles. The number of aromatic nitrogens is 1. The normalized spacial score (nSPS) is 10.5. The third kappa shape index (κ3) is 2.18. The zero-order valence-electron chi connectivity index (χ0n) is 7.54. The van der Waals surface area contributed by atoms with Crippen LogP contribution in [0.4, 0.5) is 0 Å². The van der Waals surface area contributed by atoms with Crippen LogP contribution in [0.25, 0.3) is 0 Å². The first-order chi connectivity index (χ1) is 6.02. The number of rotatable bonds is 2. The van der Waals surface area contributed by atoms with E-state index in [1.807, 2.05) is 13.8 Å². The maximum Gasteiger partial charge on any atom is 0.250 e. The van der Waals surface area contributed by atoms with E-state index in [1.54, 1.807) is 12.1 Å². The molecule has 0 unspecified atom stereocenters. The van der Waals surface area contributed by atoms with Crippen LogP contribution in [-0.4, -0.2) is 10.9 Å². The smallest absolute Gasteiger partial charge is 0.250 e. The second-order valence-corrected chi connectivity index (χ2v) is 3.47. The van der Waals surface area contributed by atoms with E-state index in [-0.39, 0.29) is 5.92 Å². The van der Waals surface area contributed by atoms with Gasteiger partial charge in [-0.05, 0) is 18.1 Å². The number of nitrogens with two attached hydrogens (primary N) is 1. The van der Waals surface area contributed by atoms with Gasteiger partial charge in [0.2, 0.25) is 0 Å². The summed E-state index contributed by atoms with van der Waals surface area (Å²) in [6.45, 7) is 3.87. The summed E-state index contributed by atoms with van der Waals surface area (Å²) in [5.74, 6) is -0.325. The van der Waals surface area contributed by atoms with Gasteiger partial charge < -0.3 is 5.73 Å². The molecule has 0 aliphatic carbocycles. The Labute approximate surface area is 81.9 Å². The Morgan fingerprint density at radius 3 is 2.62 bits per heavy atom. The molecule has 1 rings (SSSR count). The van der Waals surface area contributed by atoms with Crippen molar-refractivity contribution in [3.63, 3.8) is 0 Å². The Balaban J connectivity index is 3.26. The number of primary amides is 1. The molecule has 1 amide bonds. The maximum absolute atomic E-state index is 11.0. The molecule has 0 atom stereocenters. The quantitative estimate of drug-likeness (QED) is 0.739. The number of halogens is 1. The molecule has 70 valence electrons. The van der Waals surface area contributed by atoms with Crippen LogP contribution in [0.15, 0.2) is 12.1 Å². The predicted octanol–water partition coefficient (Wildman–Crippen LogP) is 1.96. The Morgan fingerprint density at radius 2 is 2.15 bits per heavy atom. The van der Waals surface area contributed by atoms with Crippen molar-refractivity contribution in [1.29, 1.82) is 0 Å². The van der Waals surface area contributed by atoms with Crippen LogP contribution in [0.2, 0.25) is 5.15 Å². The Bertz CT molecular complexity index is 336. The molecule has 0 aliphatic rings. The molecule has 4 heteroatoms. The van der Waals surface area contributed by atoms with Crippen molar-refractivity contribution in [2.75, 3.05) is 0 Å². The molecule has 1 aromatic rings. The molecule has 0 aliphatic heterocycles. The number of carbonyl (C=O) groups excluding carboxylic acids is 1. The largest absolute Gasteiger partial charge is 0.366 e. The summed E-state index contributed by atoms with van der Waals surface area (Å²) >= 11 is 5.70. The number of nitrogens with zero attached hydrogens (tertiary/aromatic N) is 1. The van der Waals surface area contributed by atoms with E-state index in [9.17, 15) is 4.79 Å². The van der Waals surface area contributed by atoms with Crippen molar-refractivity contribution in [3.05, 3.63) is 28.5 Å². The highest BCUT2D eigenvalue weighted by Crippen LogP contribution is 2.19. The lowest BCUT2D eigenvalue weighted by molar-refractivity contribution is 0.0998. The zero-order chi connectivity index (χ0) is 10.0. The van der Waals surface area contributed by atoms with Gasteiger partial charge in [-0.1, -0.05) is 25.4 Å². The van der Waals surface area contributed by atoms with Gasteiger partial charge in [-0.15, -0.1) is 0 Å². The van der Waals surface area contributed by atoms with Crippen LogP contribution >= 0.6 is 11.6 Å². The van der Waals surface area contributed by atoms with Crippen molar-refractivity contribution in [1.82, 2.24) is 4.98 Å². The van der Waals surface area contributed by atoms with Crippen molar-refractivity contribution in [2.24, 2.45) is 5.73 Å². The number of hydrogen-bond donors (Lipinski definition) is 1. The summed E-state index contributed by atoms with van der Waals surface area (Å²) in [7, 11) is 0. The predicted molar refractivity (Wildman–Crippen MR) is 51.9 cm³/mol. The van der Waals surface area contributed by atoms with E-state index in [1.165, 1.54) is 0 Å². The number of pyridine rings is 1. The molecule has 1 aromatic heterocycles. The van der Waals surface area contributed by atoms with Crippen LogP contribution < -0.4 is 5.73 Å². The molecular formula is C9H11ClN2O. The molecule has 0 spiro atoms. The van der Waals surface area contributed by atoms with Gasteiger partial charge >= 0.3 is 0 Å². The zero-order valence-corrected chi connectivity index (χ0v) is 8.30. The molecule has 0 radical (unpaired) electrons. The minimum Gasteiger partial charge on any atom is -0.366 e. The van der Waals surface area contributed by atoms with Crippen LogP contribution in [0.1, 0.15) is 35.8 Å². The fourth-order valence-electron chi connectivity index (χ4n) is 1.10. The van der Waals surface area contributed by atoms with Crippen LogP contribution in [0.5, 0.6) is 0 Å². The first-order valence-electron chi connectivity index (χ1n) is 3.98. The fraction of sp³-hybridized carbons (Fsp3) is 0.333. The first-order valence-corrected chi connectivity index (χ1v) is 4.36. The molecule has 0 saturated carbocycles. The lowest BCUT2D eigenvalue weighted by Gasteiger charge is -2.08.